The molecule has 6 heteroatoms. The first kappa shape index (κ1) is 13.6. The lowest BCUT2D eigenvalue weighted by atomic mass is 9.71. The van der Waals surface area contributed by atoms with Gasteiger partial charge in [0.2, 0.25) is 0 Å². The molecule has 2 aliphatic rings. The summed E-state index contributed by atoms with van der Waals surface area (Å²) in [6.07, 6.45) is 1.65. The van der Waals surface area contributed by atoms with Gasteiger partial charge in [0.15, 0.2) is 0 Å². The van der Waals surface area contributed by atoms with Gasteiger partial charge in [-0.25, -0.2) is 4.79 Å². The minimum absolute atomic E-state index is 0.0882. The van der Waals surface area contributed by atoms with Crippen molar-refractivity contribution < 1.29 is 24.2 Å². The normalized spacial score (nSPS) is 29.8. The Kier molecular flexibility index (Phi) is 3.87. The second kappa shape index (κ2) is 5.42. The number of aliphatic carboxylic acids is 1. The van der Waals surface area contributed by atoms with E-state index < -0.39 is 18.0 Å². The number of carboxylic acids is 1. The van der Waals surface area contributed by atoms with Gasteiger partial charge >= 0.3 is 12.1 Å². The molecule has 0 aromatic heterocycles. The number of carbonyl (C=O) groups is 3. The Bertz CT molecular complexity index is 401. The summed E-state index contributed by atoms with van der Waals surface area (Å²) < 4.78 is 4.95. The number of Topliss-reactive ketones (excluding diaryl/α,β-unsaturated/α-hetero) is 1. The summed E-state index contributed by atoms with van der Waals surface area (Å²) in [6.45, 7) is 4.11. The Morgan fingerprint density at radius 1 is 1.37 bits per heavy atom. The highest BCUT2D eigenvalue weighted by atomic mass is 16.6. The highest BCUT2D eigenvalue weighted by Crippen LogP contribution is 2.35. The number of amides is 1. The average molecular weight is 267 g/mol. The monoisotopic (exact) mass is 267 g/mol. The molecule has 0 spiro atoms. The third-order valence-corrected chi connectivity index (χ3v) is 3.76. The fraction of sp³-hybridized carbons (Fsp3) is 0.615. The largest absolute Gasteiger partial charge is 0.481 e. The van der Waals surface area contributed by atoms with E-state index in [-0.39, 0.29) is 37.3 Å². The zero-order valence-electron chi connectivity index (χ0n) is 10.6. The first-order valence-corrected chi connectivity index (χ1v) is 6.32. The minimum Gasteiger partial charge on any atom is -0.481 e. The molecule has 2 fully saturated rings. The van der Waals surface area contributed by atoms with Crippen LogP contribution in [0.25, 0.3) is 0 Å². The van der Waals surface area contributed by atoms with Crippen LogP contribution >= 0.6 is 0 Å². The number of ether oxygens (including phenoxy) is 1. The van der Waals surface area contributed by atoms with E-state index in [0.717, 1.165) is 0 Å². The van der Waals surface area contributed by atoms with E-state index in [0.29, 0.717) is 12.8 Å². The molecule has 1 aliphatic heterocycles. The van der Waals surface area contributed by atoms with Gasteiger partial charge in [-0.05, 0) is 12.8 Å². The molecule has 1 amide bonds. The maximum absolute atomic E-state index is 12.0. The summed E-state index contributed by atoms with van der Waals surface area (Å²) in [5, 5.41) is 9.04. The number of fused-ring (bicyclic) bond motifs is 2. The number of ketones is 1. The number of nitrogens with zero attached hydrogens (tertiary/aromatic N) is 1. The molecule has 0 aromatic rings. The van der Waals surface area contributed by atoms with E-state index in [1.165, 1.54) is 11.0 Å². The van der Waals surface area contributed by atoms with E-state index in [1.807, 2.05) is 0 Å². The number of rotatable bonds is 3. The maximum atomic E-state index is 12.0. The minimum atomic E-state index is -0.856. The zero-order valence-corrected chi connectivity index (χ0v) is 10.6. The lowest BCUT2D eigenvalue weighted by molar-refractivity contribution is -0.148. The Labute approximate surface area is 111 Å². The van der Waals surface area contributed by atoms with Crippen molar-refractivity contribution in [1.82, 2.24) is 4.90 Å². The Morgan fingerprint density at radius 3 is 2.42 bits per heavy atom. The number of likely N-dealkylation sites (tertiary alicyclic amines) is 1. The lowest BCUT2D eigenvalue weighted by Crippen LogP contribution is -2.53. The van der Waals surface area contributed by atoms with Gasteiger partial charge in [0, 0.05) is 24.9 Å². The fourth-order valence-electron chi connectivity index (χ4n) is 2.86. The summed E-state index contributed by atoms with van der Waals surface area (Å²) in [7, 11) is 0. The molecule has 1 saturated carbocycles. The van der Waals surface area contributed by atoms with E-state index in [1.54, 1.807) is 0 Å². The first-order chi connectivity index (χ1) is 9.02. The molecule has 2 bridgehead atoms. The van der Waals surface area contributed by atoms with E-state index in [4.69, 9.17) is 9.84 Å². The van der Waals surface area contributed by atoms with Crippen molar-refractivity contribution in [3.8, 4) is 0 Å². The van der Waals surface area contributed by atoms with Crippen LogP contribution < -0.4 is 0 Å². The fourth-order valence-corrected chi connectivity index (χ4v) is 2.86. The molecule has 104 valence electrons. The van der Waals surface area contributed by atoms with Crippen LogP contribution in [0.2, 0.25) is 0 Å². The summed E-state index contributed by atoms with van der Waals surface area (Å²) in [5.74, 6) is -1.98. The molecule has 2 atom stereocenters. The molecule has 1 aliphatic carbocycles. The van der Waals surface area contributed by atoms with Crippen LogP contribution in [-0.2, 0) is 14.3 Å². The molecule has 2 rings (SSSR count). The molecule has 1 saturated heterocycles. The van der Waals surface area contributed by atoms with Crippen LogP contribution in [0.4, 0.5) is 4.79 Å². The zero-order chi connectivity index (χ0) is 14.0. The van der Waals surface area contributed by atoms with Crippen molar-refractivity contribution in [2.24, 2.45) is 17.8 Å². The summed E-state index contributed by atoms with van der Waals surface area (Å²) in [5.41, 5.74) is 0. The highest BCUT2D eigenvalue weighted by Gasteiger charge is 2.45. The lowest BCUT2D eigenvalue weighted by Gasteiger charge is -2.41. The first-order valence-electron chi connectivity index (χ1n) is 6.32. The van der Waals surface area contributed by atoms with Crippen molar-refractivity contribution in [2.75, 3.05) is 19.7 Å². The summed E-state index contributed by atoms with van der Waals surface area (Å²) >= 11 is 0. The van der Waals surface area contributed by atoms with E-state index in [2.05, 4.69) is 6.58 Å². The average Bonchev–Trinajstić information content (AvgIpc) is 2.35. The second-order valence-electron chi connectivity index (χ2n) is 5.07. The van der Waals surface area contributed by atoms with Crippen molar-refractivity contribution in [3.05, 3.63) is 12.7 Å². The van der Waals surface area contributed by atoms with Gasteiger partial charge in [0.05, 0.1) is 5.92 Å². The number of carboxylic acid groups (broad SMARTS) is 1. The molecule has 0 radical (unpaired) electrons. The topological polar surface area (TPSA) is 83.9 Å². The Morgan fingerprint density at radius 2 is 1.95 bits per heavy atom. The predicted molar refractivity (Wildman–Crippen MR) is 65.5 cm³/mol. The smallest absolute Gasteiger partial charge is 0.410 e. The van der Waals surface area contributed by atoms with Crippen LogP contribution in [0.1, 0.15) is 12.8 Å². The Hall–Kier alpha value is -1.85. The van der Waals surface area contributed by atoms with Crippen molar-refractivity contribution >= 4 is 17.8 Å². The molecule has 19 heavy (non-hydrogen) atoms. The SMILES string of the molecule is C=CCOC(=O)N1CC2CC(C(=O)O)CC(C1)C2=O. The van der Waals surface area contributed by atoms with Gasteiger partial charge in [-0.2, -0.15) is 0 Å². The molecule has 1 N–H and O–H groups in total. The van der Waals surface area contributed by atoms with Crippen LogP contribution in [0.5, 0.6) is 0 Å². The number of hydrogen-bond acceptors (Lipinski definition) is 4. The highest BCUT2D eigenvalue weighted by molar-refractivity contribution is 5.88. The molecular weight excluding hydrogens is 250 g/mol. The van der Waals surface area contributed by atoms with Crippen LogP contribution in [0, 0.1) is 17.8 Å². The van der Waals surface area contributed by atoms with Gasteiger partial charge in [-0.15, -0.1) is 0 Å². The van der Waals surface area contributed by atoms with Gasteiger partial charge in [-0.3, -0.25) is 9.59 Å². The Balaban J connectivity index is 2.02. The van der Waals surface area contributed by atoms with Crippen molar-refractivity contribution in [2.45, 2.75) is 12.8 Å². The third kappa shape index (κ3) is 2.77. The summed E-state index contributed by atoms with van der Waals surface area (Å²) in [4.78, 5) is 36.2. The summed E-state index contributed by atoms with van der Waals surface area (Å²) in [6, 6.07) is 0. The van der Waals surface area contributed by atoms with Gasteiger partial charge < -0.3 is 14.7 Å². The van der Waals surface area contributed by atoms with Gasteiger partial charge in [-0.1, -0.05) is 12.7 Å². The molecule has 2 unspecified atom stereocenters. The van der Waals surface area contributed by atoms with Gasteiger partial charge in [0.25, 0.3) is 0 Å². The number of hydrogen-bond donors (Lipinski definition) is 1. The van der Waals surface area contributed by atoms with Crippen LogP contribution in [-0.4, -0.2) is 47.5 Å². The molecule has 1 heterocycles. The van der Waals surface area contributed by atoms with Gasteiger partial charge in [0.1, 0.15) is 12.4 Å². The van der Waals surface area contributed by atoms with E-state index in [9.17, 15) is 14.4 Å². The van der Waals surface area contributed by atoms with Crippen molar-refractivity contribution in [3.63, 3.8) is 0 Å². The predicted octanol–water partition coefficient (Wildman–Crippen LogP) is 0.921. The number of piperidine rings is 1. The van der Waals surface area contributed by atoms with E-state index >= 15 is 0 Å². The molecule has 6 nitrogen and oxygen atoms in total. The molecular formula is C13H17NO5. The van der Waals surface area contributed by atoms with Crippen molar-refractivity contribution in [1.29, 1.82) is 0 Å². The quantitative estimate of drug-likeness (QED) is 0.769. The third-order valence-electron chi connectivity index (χ3n) is 3.76. The van der Waals surface area contributed by atoms with Crippen LogP contribution in [0.3, 0.4) is 0 Å². The standard InChI is InChI=1S/C13H17NO5/c1-2-3-19-13(18)14-6-9-4-8(12(16)17)5-10(7-14)11(9)15/h2,8-10H,1,3-7H2,(H,16,17). The molecule has 0 aromatic carbocycles. The number of carbonyl (C=O) groups excluding carboxylic acids is 2. The van der Waals surface area contributed by atoms with Crippen LogP contribution in [0.15, 0.2) is 12.7 Å². The maximum Gasteiger partial charge on any atom is 0.410 e. The second-order valence-corrected chi connectivity index (χ2v) is 5.07.